The number of carbonyl (C=O) groups is 1. The van der Waals surface area contributed by atoms with Crippen molar-refractivity contribution in [1.82, 2.24) is 9.97 Å². The summed E-state index contributed by atoms with van der Waals surface area (Å²) < 4.78 is 4.62. The number of halogens is 1. The van der Waals surface area contributed by atoms with E-state index in [1.165, 1.54) is 13.2 Å². The van der Waals surface area contributed by atoms with Gasteiger partial charge in [0.15, 0.2) is 5.69 Å². The zero-order chi connectivity index (χ0) is 13.8. The van der Waals surface area contributed by atoms with Crippen molar-refractivity contribution in [2.75, 3.05) is 12.4 Å². The Morgan fingerprint density at radius 3 is 2.70 bits per heavy atom. The first-order valence-corrected chi connectivity index (χ1v) is 5.58. The molecule has 2 aromatic rings. The number of phenolic OH excluding ortho intramolecular Hbond substituents is 1. The van der Waals surface area contributed by atoms with Gasteiger partial charge in [0.05, 0.1) is 7.11 Å². The highest BCUT2D eigenvalue weighted by molar-refractivity contribution is 5.87. The number of esters is 1. The largest absolute Gasteiger partial charge is 0.508 e. The van der Waals surface area contributed by atoms with Crippen molar-refractivity contribution in [2.45, 2.75) is 6.92 Å². The van der Waals surface area contributed by atoms with E-state index in [0.29, 0.717) is 11.4 Å². The molecule has 1 aromatic carbocycles. The number of phenols is 1. The summed E-state index contributed by atoms with van der Waals surface area (Å²) in [5.74, 6) is -0.124. The van der Waals surface area contributed by atoms with Crippen LogP contribution in [0, 0.1) is 6.92 Å². The number of anilines is 2. The van der Waals surface area contributed by atoms with Gasteiger partial charge in [-0.15, -0.1) is 12.4 Å². The number of aryl methyl sites for hydroxylation is 1. The Balaban J connectivity index is 0.00000200. The van der Waals surface area contributed by atoms with Gasteiger partial charge in [0.25, 0.3) is 0 Å². The highest BCUT2D eigenvalue weighted by atomic mass is 35.5. The normalized spacial score (nSPS) is 9.50. The number of hydrogen-bond donors (Lipinski definition) is 2. The van der Waals surface area contributed by atoms with Gasteiger partial charge in [0.1, 0.15) is 5.75 Å². The molecular formula is C13H14ClN3O3. The number of carbonyl (C=O) groups excluding carboxylic acids is 1. The van der Waals surface area contributed by atoms with Crippen molar-refractivity contribution in [3.8, 4) is 5.75 Å². The topological polar surface area (TPSA) is 84.3 Å². The average molecular weight is 296 g/mol. The molecule has 0 saturated carbocycles. The molecule has 2 N–H and O–H groups in total. The first kappa shape index (κ1) is 15.7. The SMILES string of the molecule is COC(=O)c1cc(C)nc(Nc2cccc(O)c2)n1.Cl. The monoisotopic (exact) mass is 295 g/mol. The minimum Gasteiger partial charge on any atom is -0.508 e. The van der Waals surface area contributed by atoms with Crippen LogP contribution < -0.4 is 5.32 Å². The van der Waals surface area contributed by atoms with Crippen LogP contribution in [-0.2, 0) is 4.74 Å². The number of nitrogens with one attached hydrogen (secondary N) is 1. The van der Waals surface area contributed by atoms with Crippen LogP contribution in [0.4, 0.5) is 11.6 Å². The van der Waals surface area contributed by atoms with Gasteiger partial charge in [-0.05, 0) is 25.1 Å². The zero-order valence-corrected chi connectivity index (χ0v) is 11.8. The summed E-state index contributed by atoms with van der Waals surface area (Å²) in [5, 5.41) is 12.3. The van der Waals surface area contributed by atoms with Crippen molar-refractivity contribution in [3.05, 3.63) is 41.7 Å². The Labute approximate surface area is 122 Å². The smallest absolute Gasteiger partial charge is 0.356 e. The molecule has 0 saturated heterocycles. The summed E-state index contributed by atoms with van der Waals surface area (Å²) in [6.45, 7) is 1.75. The fourth-order valence-corrected chi connectivity index (χ4v) is 1.55. The van der Waals surface area contributed by atoms with Gasteiger partial charge in [0, 0.05) is 17.4 Å². The molecule has 1 heterocycles. The number of benzene rings is 1. The molecule has 106 valence electrons. The number of methoxy groups -OCH3 is 1. The Bertz CT molecular complexity index is 620. The summed E-state index contributed by atoms with van der Waals surface area (Å²) in [7, 11) is 1.29. The maximum atomic E-state index is 11.4. The number of hydrogen-bond acceptors (Lipinski definition) is 6. The van der Waals surface area contributed by atoms with Crippen molar-refractivity contribution >= 4 is 30.0 Å². The van der Waals surface area contributed by atoms with Crippen molar-refractivity contribution in [3.63, 3.8) is 0 Å². The lowest BCUT2D eigenvalue weighted by molar-refractivity contribution is 0.0594. The molecule has 1 aromatic heterocycles. The minimum absolute atomic E-state index is 0. The predicted octanol–water partition coefficient (Wildman–Crippen LogP) is 2.44. The van der Waals surface area contributed by atoms with Crippen molar-refractivity contribution < 1.29 is 14.6 Å². The van der Waals surface area contributed by atoms with E-state index < -0.39 is 5.97 Å². The van der Waals surface area contributed by atoms with Gasteiger partial charge >= 0.3 is 5.97 Å². The standard InChI is InChI=1S/C13H13N3O3.ClH/c1-8-6-11(12(18)19-2)16-13(14-8)15-9-4-3-5-10(17)7-9;/h3-7,17H,1-2H3,(H,14,15,16);1H. The minimum atomic E-state index is -0.524. The van der Waals surface area contributed by atoms with Crippen molar-refractivity contribution in [1.29, 1.82) is 0 Å². The Morgan fingerprint density at radius 2 is 2.05 bits per heavy atom. The van der Waals surface area contributed by atoms with Gasteiger partial charge in [0.2, 0.25) is 5.95 Å². The molecule has 0 bridgehead atoms. The summed E-state index contributed by atoms with van der Waals surface area (Å²) in [6.07, 6.45) is 0. The first-order chi connectivity index (χ1) is 9.08. The summed E-state index contributed by atoms with van der Waals surface area (Å²) in [4.78, 5) is 19.7. The molecule has 0 amide bonds. The number of aromatic hydroxyl groups is 1. The first-order valence-electron chi connectivity index (χ1n) is 5.58. The summed E-state index contributed by atoms with van der Waals surface area (Å²) in [6, 6.07) is 8.07. The lowest BCUT2D eigenvalue weighted by atomic mass is 10.3. The third-order valence-corrected chi connectivity index (χ3v) is 2.35. The molecular weight excluding hydrogens is 282 g/mol. The molecule has 2 rings (SSSR count). The molecule has 0 atom stereocenters. The van der Waals surface area contributed by atoms with Crippen LogP contribution in [0.25, 0.3) is 0 Å². The fourth-order valence-electron chi connectivity index (χ4n) is 1.55. The molecule has 0 spiro atoms. The van der Waals surface area contributed by atoms with Crippen LogP contribution in [-0.4, -0.2) is 28.2 Å². The second kappa shape index (κ2) is 6.72. The Morgan fingerprint density at radius 1 is 1.30 bits per heavy atom. The second-order valence-electron chi connectivity index (χ2n) is 3.89. The van der Waals surface area contributed by atoms with Gasteiger partial charge in [-0.1, -0.05) is 6.07 Å². The average Bonchev–Trinajstić information content (AvgIpc) is 2.37. The van der Waals surface area contributed by atoms with Gasteiger partial charge in [-0.3, -0.25) is 0 Å². The van der Waals surface area contributed by atoms with E-state index in [-0.39, 0.29) is 29.8 Å². The van der Waals surface area contributed by atoms with E-state index in [2.05, 4.69) is 20.0 Å². The van der Waals surface area contributed by atoms with Gasteiger partial charge in [-0.2, -0.15) is 0 Å². The lowest BCUT2D eigenvalue weighted by Gasteiger charge is -2.07. The maximum absolute atomic E-state index is 11.4. The van der Waals surface area contributed by atoms with E-state index in [4.69, 9.17) is 0 Å². The predicted molar refractivity (Wildman–Crippen MR) is 76.7 cm³/mol. The number of aromatic nitrogens is 2. The number of nitrogens with zero attached hydrogens (tertiary/aromatic N) is 2. The van der Waals surface area contributed by atoms with E-state index in [1.807, 2.05) is 0 Å². The molecule has 0 aliphatic rings. The molecule has 0 aliphatic carbocycles. The van der Waals surface area contributed by atoms with Crippen molar-refractivity contribution in [2.24, 2.45) is 0 Å². The number of ether oxygens (including phenoxy) is 1. The fraction of sp³-hybridized carbons (Fsp3) is 0.154. The lowest BCUT2D eigenvalue weighted by Crippen LogP contribution is -2.08. The zero-order valence-electron chi connectivity index (χ0n) is 11.0. The third kappa shape index (κ3) is 3.83. The Kier molecular flexibility index (Phi) is 5.28. The van der Waals surface area contributed by atoms with Gasteiger partial charge < -0.3 is 15.2 Å². The molecule has 7 heteroatoms. The van der Waals surface area contributed by atoms with Gasteiger partial charge in [-0.25, -0.2) is 14.8 Å². The van der Waals surface area contributed by atoms with Crippen LogP contribution in [0.5, 0.6) is 5.75 Å². The summed E-state index contributed by atoms with van der Waals surface area (Å²) in [5.41, 5.74) is 1.44. The van der Waals surface area contributed by atoms with Crippen LogP contribution in [0.2, 0.25) is 0 Å². The molecule has 0 fully saturated rings. The number of rotatable bonds is 3. The van der Waals surface area contributed by atoms with E-state index in [1.54, 1.807) is 31.2 Å². The van der Waals surface area contributed by atoms with E-state index >= 15 is 0 Å². The van der Waals surface area contributed by atoms with E-state index in [9.17, 15) is 9.90 Å². The quantitative estimate of drug-likeness (QED) is 0.846. The second-order valence-corrected chi connectivity index (χ2v) is 3.89. The Hall–Kier alpha value is -2.34. The highest BCUT2D eigenvalue weighted by Gasteiger charge is 2.10. The third-order valence-electron chi connectivity index (χ3n) is 2.35. The molecule has 0 aliphatic heterocycles. The molecule has 20 heavy (non-hydrogen) atoms. The molecule has 0 unspecified atom stereocenters. The molecule has 0 radical (unpaired) electrons. The maximum Gasteiger partial charge on any atom is 0.356 e. The summed E-state index contributed by atoms with van der Waals surface area (Å²) >= 11 is 0. The molecule has 6 nitrogen and oxygen atoms in total. The van der Waals surface area contributed by atoms with E-state index in [0.717, 1.165) is 0 Å². The van der Waals surface area contributed by atoms with Crippen LogP contribution in [0.1, 0.15) is 16.2 Å². The van der Waals surface area contributed by atoms with Crippen LogP contribution in [0.15, 0.2) is 30.3 Å². The van der Waals surface area contributed by atoms with Crippen LogP contribution in [0.3, 0.4) is 0 Å². The highest BCUT2D eigenvalue weighted by Crippen LogP contribution is 2.18. The van der Waals surface area contributed by atoms with Crippen LogP contribution >= 0.6 is 12.4 Å².